The van der Waals surface area contributed by atoms with Gasteiger partial charge in [0.15, 0.2) is 0 Å². The highest BCUT2D eigenvalue weighted by Crippen LogP contribution is 2.10. The van der Waals surface area contributed by atoms with Gasteiger partial charge < -0.3 is 15.6 Å². The Hall–Kier alpha value is -0.160. The molecule has 0 aromatic heterocycles. The SMILES string of the molecule is CC(CCN)N1CCOC(CO)C1. The number of aliphatic hydroxyl groups excluding tert-OH is 1. The summed E-state index contributed by atoms with van der Waals surface area (Å²) in [5.74, 6) is 0. The van der Waals surface area contributed by atoms with E-state index in [0.717, 1.165) is 32.7 Å². The largest absolute Gasteiger partial charge is 0.394 e. The van der Waals surface area contributed by atoms with E-state index in [1.54, 1.807) is 0 Å². The molecule has 1 heterocycles. The summed E-state index contributed by atoms with van der Waals surface area (Å²) in [6.45, 7) is 5.52. The summed E-state index contributed by atoms with van der Waals surface area (Å²) in [6.07, 6.45) is 1.01. The van der Waals surface area contributed by atoms with Gasteiger partial charge in [0.25, 0.3) is 0 Å². The Morgan fingerprint density at radius 1 is 1.69 bits per heavy atom. The van der Waals surface area contributed by atoms with Crippen LogP contribution in [0.5, 0.6) is 0 Å². The molecule has 0 amide bonds. The van der Waals surface area contributed by atoms with Crippen molar-refractivity contribution in [2.24, 2.45) is 5.73 Å². The van der Waals surface area contributed by atoms with E-state index >= 15 is 0 Å². The fourth-order valence-electron chi connectivity index (χ4n) is 1.68. The first-order chi connectivity index (χ1) is 6.27. The van der Waals surface area contributed by atoms with Crippen molar-refractivity contribution in [3.63, 3.8) is 0 Å². The summed E-state index contributed by atoms with van der Waals surface area (Å²) in [5, 5.41) is 8.94. The summed E-state index contributed by atoms with van der Waals surface area (Å²) < 4.78 is 5.36. The minimum absolute atomic E-state index is 0.00558. The summed E-state index contributed by atoms with van der Waals surface area (Å²) in [4.78, 5) is 2.33. The van der Waals surface area contributed by atoms with Crippen LogP contribution in [0.15, 0.2) is 0 Å². The van der Waals surface area contributed by atoms with E-state index in [-0.39, 0.29) is 12.7 Å². The Bertz CT molecular complexity index is 144. The van der Waals surface area contributed by atoms with Crippen LogP contribution >= 0.6 is 0 Å². The van der Waals surface area contributed by atoms with Crippen molar-refractivity contribution in [2.45, 2.75) is 25.5 Å². The van der Waals surface area contributed by atoms with E-state index in [1.165, 1.54) is 0 Å². The fraction of sp³-hybridized carbons (Fsp3) is 1.00. The third-order valence-electron chi connectivity index (χ3n) is 2.58. The molecule has 1 aliphatic rings. The van der Waals surface area contributed by atoms with Gasteiger partial charge >= 0.3 is 0 Å². The summed E-state index contributed by atoms with van der Waals surface area (Å²) in [7, 11) is 0. The number of nitrogens with two attached hydrogens (primary N) is 1. The minimum atomic E-state index is -0.00558. The van der Waals surface area contributed by atoms with E-state index in [2.05, 4.69) is 11.8 Å². The Kier molecular flexibility index (Phi) is 4.66. The zero-order chi connectivity index (χ0) is 9.68. The number of hydrogen-bond acceptors (Lipinski definition) is 4. The first-order valence-corrected chi connectivity index (χ1v) is 4.94. The van der Waals surface area contributed by atoms with Gasteiger partial charge in [0.2, 0.25) is 0 Å². The first-order valence-electron chi connectivity index (χ1n) is 4.94. The molecule has 4 heteroatoms. The summed E-state index contributed by atoms with van der Waals surface area (Å²) in [6, 6.07) is 0.503. The number of nitrogens with zero attached hydrogens (tertiary/aromatic N) is 1. The van der Waals surface area contributed by atoms with Gasteiger partial charge in [0.05, 0.1) is 19.3 Å². The zero-order valence-corrected chi connectivity index (χ0v) is 8.28. The highest BCUT2D eigenvalue weighted by Gasteiger charge is 2.22. The predicted octanol–water partition coefficient (Wildman–Crippen LogP) is -0.583. The van der Waals surface area contributed by atoms with Crippen molar-refractivity contribution in [1.82, 2.24) is 4.90 Å². The number of morpholine rings is 1. The van der Waals surface area contributed by atoms with E-state index in [9.17, 15) is 0 Å². The predicted molar refractivity (Wildman–Crippen MR) is 51.5 cm³/mol. The second-order valence-corrected chi connectivity index (χ2v) is 3.60. The Balaban J connectivity index is 2.32. The third kappa shape index (κ3) is 3.23. The molecule has 0 aliphatic carbocycles. The second kappa shape index (κ2) is 5.54. The van der Waals surface area contributed by atoms with Gasteiger partial charge in [-0.05, 0) is 19.9 Å². The molecular weight excluding hydrogens is 168 g/mol. The van der Waals surface area contributed by atoms with Crippen molar-refractivity contribution in [3.8, 4) is 0 Å². The van der Waals surface area contributed by atoms with Crippen LogP contribution in [0.2, 0.25) is 0 Å². The van der Waals surface area contributed by atoms with Crippen molar-refractivity contribution in [3.05, 3.63) is 0 Å². The van der Waals surface area contributed by atoms with E-state index in [4.69, 9.17) is 15.6 Å². The molecule has 13 heavy (non-hydrogen) atoms. The number of hydrogen-bond donors (Lipinski definition) is 2. The molecule has 1 aliphatic heterocycles. The van der Waals surface area contributed by atoms with E-state index in [1.807, 2.05) is 0 Å². The van der Waals surface area contributed by atoms with E-state index < -0.39 is 0 Å². The molecule has 1 rings (SSSR count). The topological polar surface area (TPSA) is 58.7 Å². The lowest BCUT2D eigenvalue weighted by Crippen LogP contribution is -2.48. The smallest absolute Gasteiger partial charge is 0.0932 e. The molecule has 2 atom stereocenters. The molecule has 3 N–H and O–H groups in total. The second-order valence-electron chi connectivity index (χ2n) is 3.60. The van der Waals surface area contributed by atoms with Gasteiger partial charge in [-0.2, -0.15) is 0 Å². The van der Waals surface area contributed by atoms with Crippen LogP contribution in [-0.2, 0) is 4.74 Å². The fourth-order valence-corrected chi connectivity index (χ4v) is 1.68. The van der Waals surface area contributed by atoms with E-state index in [0.29, 0.717) is 6.04 Å². The maximum atomic E-state index is 8.94. The van der Waals surface area contributed by atoms with Crippen LogP contribution in [-0.4, -0.2) is 55.0 Å². The van der Waals surface area contributed by atoms with Crippen LogP contribution in [0.1, 0.15) is 13.3 Å². The minimum Gasteiger partial charge on any atom is -0.394 e. The van der Waals surface area contributed by atoms with Crippen molar-refractivity contribution >= 4 is 0 Å². The first kappa shape index (κ1) is 10.9. The average Bonchev–Trinajstić information content (AvgIpc) is 2.18. The Morgan fingerprint density at radius 3 is 3.08 bits per heavy atom. The monoisotopic (exact) mass is 188 g/mol. The quantitative estimate of drug-likeness (QED) is 0.619. The average molecular weight is 188 g/mol. The van der Waals surface area contributed by atoms with Crippen LogP contribution in [0.3, 0.4) is 0 Å². The van der Waals surface area contributed by atoms with Crippen LogP contribution in [0, 0.1) is 0 Å². The zero-order valence-electron chi connectivity index (χ0n) is 8.28. The van der Waals surface area contributed by atoms with Gasteiger partial charge in [0.1, 0.15) is 0 Å². The van der Waals surface area contributed by atoms with Gasteiger partial charge in [0, 0.05) is 19.1 Å². The molecule has 0 aromatic carbocycles. The molecule has 0 radical (unpaired) electrons. The molecule has 4 nitrogen and oxygen atoms in total. The molecule has 0 saturated carbocycles. The number of aliphatic hydroxyl groups is 1. The van der Waals surface area contributed by atoms with Crippen molar-refractivity contribution < 1.29 is 9.84 Å². The lowest BCUT2D eigenvalue weighted by Gasteiger charge is -2.36. The van der Waals surface area contributed by atoms with Crippen molar-refractivity contribution in [2.75, 3.05) is 32.8 Å². The molecule has 1 saturated heterocycles. The summed E-state index contributed by atoms with van der Waals surface area (Å²) >= 11 is 0. The molecular formula is C9H20N2O2. The lowest BCUT2D eigenvalue weighted by molar-refractivity contribution is -0.0632. The Morgan fingerprint density at radius 2 is 2.46 bits per heavy atom. The van der Waals surface area contributed by atoms with Gasteiger partial charge in [-0.3, -0.25) is 4.90 Å². The third-order valence-corrected chi connectivity index (χ3v) is 2.58. The molecule has 78 valence electrons. The highest BCUT2D eigenvalue weighted by molar-refractivity contribution is 4.75. The lowest BCUT2D eigenvalue weighted by atomic mass is 10.1. The number of ether oxygens (including phenoxy) is 1. The standard InChI is InChI=1S/C9H20N2O2/c1-8(2-3-10)11-4-5-13-9(6-11)7-12/h8-9,12H,2-7,10H2,1H3. The number of rotatable bonds is 4. The molecule has 0 spiro atoms. The van der Waals surface area contributed by atoms with Crippen LogP contribution in [0.25, 0.3) is 0 Å². The van der Waals surface area contributed by atoms with Gasteiger partial charge in [-0.1, -0.05) is 0 Å². The van der Waals surface area contributed by atoms with Crippen LogP contribution in [0.4, 0.5) is 0 Å². The molecule has 0 bridgehead atoms. The Labute approximate surface area is 79.7 Å². The maximum absolute atomic E-state index is 8.94. The van der Waals surface area contributed by atoms with Gasteiger partial charge in [-0.15, -0.1) is 0 Å². The highest BCUT2D eigenvalue weighted by atomic mass is 16.5. The normalized spacial score (nSPS) is 27.5. The van der Waals surface area contributed by atoms with Crippen molar-refractivity contribution in [1.29, 1.82) is 0 Å². The van der Waals surface area contributed by atoms with Gasteiger partial charge in [-0.25, -0.2) is 0 Å². The molecule has 1 fully saturated rings. The van der Waals surface area contributed by atoms with Crippen LogP contribution < -0.4 is 5.73 Å². The maximum Gasteiger partial charge on any atom is 0.0932 e. The summed E-state index contributed by atoms with van der Waals surface area (Å²) in [5.41, 5.74) is 5.50. The molecule has 0 aromatic rings. The molecule has 2 unspecified atom stereocenters.